The van der Waals surface area contributed by atoms with Crippen LogP contribution in [0.2, 0.25) is 0 Å². The fraction of sp³-hybridized carbons (Fsp3) is 0.160. The molecule has 1 nitrogen and oxygen atoms in total. The molecule has 1 fully saturated rings. The lowest BCUT2D eigenvalue weighted by Gasteiger charge is -2.21. The maximum Gasteiger partial charge on any atom is 0.185 e. The highest BCUT2D eigenvalue weighted by molar-refractivity contribution is 6.09. The molecule has 1 heteroatoms. The fourth-order valence-electron chi connectivity index (χ4n) is 3.18. The summed E-state index contributed by atoms with van der Waals surface area (Å²) in [6, 6.07) is 20.3. The lowest BCUT2D eigenvalue weighted by Crippen LogP contribution is -2.18. The molecule has 0 aliphatic heterocycles. The van der Waals surface area contributed by atoms with Crippen LogP contribution in [0.3, 0.4) is 0 Å². The largest absolute Gasteiger partial charge is 0.289 e. The molecule has 26 heavy (non-hydrogen) atoms. The minimum absolute atomic E-state index is 0.179. The summed E-state index contributed by atoms with van der Waals surface area (Å²) in [5.41, 5.74) is 4.08. The standard InChI is InChI=1S/C25H24O/c1-20-18-23(16-8-14-21-10-4-2-5-11-21)25(26)24(19-20)17-9-15-22-12-6-3-7-13-22/h2-17,20H,18-19H2,1H3/b14-8+,15-9+,23-16+,24-17+. The lowest BCUT2D eigenvalue weighted by molar-refractivity contribution is -0.113. The van der Waals surface area contributed by atoms with Crippen molar-refractivity contribution in [3.05, 3.63) is 107 Å². The molecule has 2 aromatic rings. The molecule has 130 valence electrons. The number of hydrogen-bond donors (Lipinski definition) is 0. The Morgan fingerprint density at radius 1 is 0.731 bits per heavy atom. The average molecular weight is 340 g/mol. The monoisotopic (exact) mass is 340 g/mol. The first kappa shape index (κ1) is 17.9. The van der Waals surface area contributed by atoms with Crippen molar-refractivity contribution in [3.8, 4) is 0 Å². The van der Waals surface area contributed by atoms with Gasteiger partial charge in [-0.2, -0.15) is 0 Å². The van der Waals surface area contributed by atoms with Gasteiger partial charge in [-0.05, 0) is 29.9 Å². The van der Waals surface area contributed by atoms with E-state index in [2.05, 4.69) is 31.2 Å². The molecule has 0 N–H and O–H groups in total. The number of carbonyl (C=O) groups is 1. The normalized spacial score (nSPS) is 21.3. The van der Waals surface area contributed by atoms with E-state index < -0.39 is 0 Å². The zero-order valence-corrected chi connectivity index (χ0v) is 15.1. The Labute approximate surface area is 156 Å². The molecule has 2 aromatic carbocycles. The van der Waals surface area contributed by atoms with Gasteiger partial charge in [0.1, 0.15) is 0 Å². The van der Waals surface area contributed by atoms with Crippen molar-refractivity contribution in [2.24, 2.45) is 5.92 Å². The van der Waals surface area contributed by atoms with Crippen molar-refractivity contribution in [1.82, 2.24) is 0 Å². The smallest absolute Gasteiger partial charge is 0.185 e. The number of hydrogen-bond acceptors (Lipinski definition) is 1. The van der Waals surface area contributed by atoms with Gasteiger partial charge in [0.05, 0.1) is 0 Å². The van der Waals surface area contributed by atoms with Gasteiger partial charge < -0.3 is 0 Å². The maximum absolute atomic E-state index is 12.8. The van der Waals surface area contributed by atoms with E-state index in [1.165, 1.54) is 0 Å². The van der Waals surface area contributed by atoms with E-state index in [1.807, 2.05) is 72.9 Å². The van der Waals surface area contributed by atoms with Crippen molar-refractivity contribution in [2.75, 3.05) is 0 Å². The zero-order valence-electron chi connectivity index (χ0n) is 15.1. The molecule has 0 spiro atoms. The summed E-state index contributed by atoms with van der Waals surface area (Å²) < 4.78 is 0. The van der Waals surface area contributed by atoms with Crippen LogP contribution in [0.25, 0.3) is 12.2 Å². The van der Waals surface area contributed by atoms with Crippen LogP contribution in [0, 0.1) is 5.92 Å². The topological polar surface area (TPSA) is 17.1 Å². The van der Waals surface area contributed by atoms with Crippen LogP contribution < -0.4 is 0 Å². The molecular weight excluding hydrogens is 316 g/mol. The third-order valence-corrected chi connectivity index (χ3v) is 4.49. The summed E-state index contributed by atoms with van der Waals surface area (Å²) >= 11 is 0. The third-order valence-electron chi connectivity index (χ3n) is 4.49. The first-order valence-electron chi connectivity index (χ1n) is 9.11. The van der Waals surface area contributed by atoms with Gasteiger partial charge in [0, 0.05) is 11.1 Å². The van der Waals surface area contributed by atoms with Crippen LogP contribution in [0.4, 0.5) is 0 Å². The Bertz CT molecular complexity index is 780. The molecule has 0 aromatic heterocycles. The second-order valence-corrected chi connectivity index (χ2v) is 6.77. The summed E-state index contributed by atoms with van der Waals surface area (Å²) in [5.74, 6) is 0.666. The molecule has 0 radical (unpaired) electrons. The first-order valence-corrected chi connectivity index (χ1v) is 9.11. The summed E-state index contributed by atoms with van der Waals surface area (Å²) in [4.78, 5) is 12.8. The Kier molecular flexibility index (Phi) is 6.16. The minimum Gasteiger partial charge on any atom is -0.289 e. The Balaban J connectivity index is 1.73. The van der Waals surface area contributed by atoms with E-state index in [4.69, 9.17) is 0 Å². The average Bonchev–Trinajstić information content (AvgIpc) is 2.67. The molecule has 1 aliphatic carbocycles. The summed E-state index contributed by atoms with van der Waals surface area (Å²) in [6.07, 6.45) is 13.7. The first-order chi connectivity index (χ1) is 12.7. The molecule has 0 amide bonds. The predicted octanol–water partition coefficient (Wildman–Crippen LogP) is 6.27. The highest BCUT2D eigenvalue weighted by Gasteiger charge is 2.24. The number of Topliss-reactive ketones (excluding diaryl/α,β-unsaturated/α-hetero) is 1. The van der Waals surface area contributed by atoms with Gasteiger partial charge in [-0.1, -0.05) is 104 Å². The molecule has 0 saturated heterocycles. The predicted molar refractivity (Wildman–Crippen MR) is 111 cm³/mol. The zero-order chi connectivity index (χ0) is 18.2. The van der Waals surface area contributed by atoms with Gasteiger partial charge >= 0.3 is 0 Å². The highest BCUT2D eigenvalue weighted by Crippen LogP contribution is 2.29. The van der Waals surface area contributed by atoms with E-state index in [1.54, 1.807) is 0 Å². The van der Waals surface area contributed by atoms with Crippen LogP contribution in [0.1, 0.15) is 30.9 Å². The van der Waals surface area contributed by atoms with E-state index in [-0.39, 0.29) is 5.78 Å². The molecule has 0 atom stereocenters. The van der Waals surface area contributed by atoms with Crippen molar-refractivity contribution < 1.29 is 4.79 Å². The molecule has 0 heterocycles. The van der Waals surface area contributed by atoms with Gasteiger partial charge in [-0.25, -0.2) is 0 Å². The highest BCUT2D eigenvalue weighted by atomic mass is 16.1. The minimum atomic E-state index is 0.179. The Hall–Kier alpha value is -2.93. The number of rotatable bonds is 4. The third kappa shape index (κ3) is 5.03. The number of carbonyl (C=O) groups excluding carboxylic acids is 1. The summed E-state index contributed by atoms with van der Waals surface area (Å²) in [7, 11) is 0. The van der Waals surface area contributed by atoms with Crippen LogP contribution in [-0.4, -0.2) is 5.78 Å². The maximum atomic E-state index is 12.8. The Morgan fingerprint density at radius 2 is 1.15 bits per heavy atom. The van der Waals surface area contributed by atoms with E-state index >= 15 is 0 Å². The molecule has 1 saturated carbocycles. The number of ketones is 1. The van der Waals surface area contributed by atoms with Gasteiger partial charge in [-0.3, -0.25) is 4.79 Å². The Morgan fingerprint density at radius 3 is 1.58 bits per heavy atom. The molecule has 0 unspecified atom stereocenters. The van der Waals surface area contributed by atoms with Crippen LogP contribution in [-0.2, 0) is 4.79 Å². The van der Waals surface area contributed by atoms with Crippen molar-refractivity contribution in [2.45, 2.75) is 19.8 Å². The van der Waals surface area contributed by atoms with Crippen LogP contribution >= 0.6 is 0 Å². The van der Waals surface area contributed by atoms with E-state index in [0.717, 1.165) is 35.1 Å². The van der Waals surface area contributed by atoms with Crippen molar-refractivity contribution in [1.29, 1.82) is 0 Å². The van der Waals surface area contributed by atoms with Crippen molar-refractivity contribution >= 4 is 17.9 Å². The number of allylic oxidation sites excluding steroid dienone is 6. The fourth-order valence-corrected chi connectivity index (χ4v) is 3.18. The van der Waals surface area contributed by atoms with Gasteiger partial charge in [0.25, 0.3) is 0 Å². The number of benzene rings is 2. The summed E-state index contributed by atoms with van der Waals surface area (Å²) in [5, 5.41) is 0. The van der Waals surface area contributed by atoms with Gasteiger partial charge in [-0.15, -0.1) is 0 Å². The molecule has 0 bridgehead atoms. The lowest BCUT2D eigenvalue weighted by atomic mass is 9.81. The van der Waals surface area contributed by atoms with Crippen molar-refractivity contribution in [3.63, 3.8) is 0 Å². The van der Waals surface area contributed by atoms with E-state index in [0.29, 0.717) is 5.92 Å². The molecular formula is C25H24O. The van der Waals surface area contributed by atoms with E-state index in [9.17, 15) is 4.79 Å². The molecule has 3 rings (SSSR count). The SMILES string of the molecule is CC1C/C(=C\C=C\c2ccccc2)C(=O)/C(=C/C=C/c2ccccc2)C1. The van der Waals surface area contributed by atoms with Crippen LogP contribution in [0.15, 0.2) is 96.1 Å². The van der Waals surface area contributed by atoms with Gasteiger partial charge in [0.15, 0.2) is 5.78 Å². The second-order valence-electron chi connectivity index (χ2n) is 6.77. The summed E-state index contributed by atoms with van der Waals surface area (Å²) in [6.45, 7) is 2.20. The van der Waals surface area contributed by atoms with Crippen LogP contribution in [0.5, 0.6) is 0 Å². The second kappa shape index (κ2) is 8.96. The quantitative estimate of drug-likeness (QED) is 0.600. The molecule has 1 aliphatic rings. The van der Waals surface area contributed by atoms with Gasteiger partial charge in [0.2, 0.25) is 0 Å².